The Balaban J connectivity index is -0.0000000171. The summed E-state index contributed by atoms with van der Waals surface area (Å²) >= 11 is 0. The molecular weight excluding hydrogens is 162 g/mol. The van der Waals surface area contributed by atoms with Crippen LogP contribution in [0.25, 0.3) is 0 Å². The van der Waals surface area contributed by atoms with Crippen molar-refractivity contribution in [1.82, 2.24) is 12.3 Å². The highest BCUT2D eigenvalue weighted by Crippen LogP contribution is 1.44. The first-order valence-electron chi connectivity index (χ1n) is 1.33. The summed E-state index contributed by atoms with van der Waals surface area (Å²) in [5.74, 6) is 0. The maximum atomic E-state index is 9.00. The molecule has 0 fully saturated rings. The van der Waals surface area contributed by atoms with Gasteiger partial charge in [0.2, 0.25) is 0 Å². The van der Waals surface area contributed by atoms with E-state index >= 15 is 0 Å². The Kier molecular flexibility index (Phi) is 74.7. The lowest BCUT2D eigenvalue weighted by Gasteiger charge is -1.74. The van der Waals surface area contributed by atoms with E-state index in [9.17, 15) is 0 Å². The van der Waals surface area contributed by atoms with E-state index < -0.39 is 11.1 Å². The number of quaternary nitrogens is 1. The topological polar surface area (TPSA) is 238 Å². The number of nitrogens with two attached hydrogens (primary N) is 2. The molecule has 13 N–H and O–H groups in total. The van der Waals surface area contributed by atoms with Crippen LogP contribution in [0.2, 0.25) is 0 Å². The van der Waals surface area contributed by atoms with Crippen molar-refractivity contribution in [2.45, 2.75) is 0 Å². The van der Waals surface area contributed by atoms with Gasteiger partial charge in [-0.3, -0.25) is 0 Å². The molecule has 0 saturated carbocycles. The molecule has 0 rings (SSSR count). The predicted octanol–water partition coefficient (Wildman–Crippen LogP) is -1.50. The third-order valence-corrected chi connectivity index (χ3v) is 0. The third-order valence-electron chi connectivity index (χ3n) is 0. The number of carbonyl (C=O) groups excluding carboxylic acids is 1. The van der Waals surface area contributed by atoms with Crippen LogP contribution in [0.4, 0.5) is 4.79 Å². The first-order chi connectivity index (χ1) is 3.46. The van der Waals surface area contributed by atoms with Crippen LogP contribution in [0.1, 0.15) is 0 Å². The van der Waals surface area contributed by atoms with Gasteiger partial charge in [0.25, 0.3) is 0 Å². The molecular formula is CH13N5O5. The summed E-state index contributed by atoms with van der Waals surface area (Å²) in [5, 5.41) is 14.8. The van der Waals surface area contributed by atoms with Crippen LogP contribution in [0.15, 0.2) is 0 Å². The highest BCUT2D eigenvalue weighted by molar-refractivity contribution is 5.69. The van der Waals surface area contributed by atoms with Crippen molar-refractivity contribution in [1.29, 1.82) is 0 Å². The Labute approximate surface area is 61.7 Å². The highest BCUT2D eigenvalue weighted by Gasteiger charge is 1.60. The van der Waals surface area contributed by atoms with E-state index in [1.54, 1.807) is 0 Å². The van der Waals surface area contributed by atoms with E-state index in [0.717, 1.165) is 0 Å². The average molecular weight is 175 g/mol. The lowest BCUT2D eigenvalue weighted by atomic mass is 11.2. The van der Waals surface area contributed by atoms with Crippen molar-refractivity contribution in [2.75, 3.05) is 0 Å². The Bertz CT molecular complexity index is 72.9. The van der Waals surface area contributed by atoms with Crippen molar-refractivity contribution < 1.29 is 15.4 Å². The second-order valence-electron chi connectivity index (χ2n) is 0.626. The first kappa shape index (κ1) is 34.5. The molecule has 11 heavy (non-hydrogen) atoms. The number of hydrogen-bond donors (Lipinski definition) is 4. The van der Waals surface area contributed by atoms with E-state index in [1.165, 1.54) is 0 Å². The van der Waals surface area contributed by atoms with E-state index in [0.29, 0.717) is 0 Å². The Morgan fingerprint density at radius 1 is 1.27 bits per heavy atom. The van der Waals surface area contributed by atoms with E-state index in [2.05, 4.69) is 11.5 Å². The van der Waals surface area contributed by atoms with Gasteiger partial charge in [0, 0.05) is 0 Å². The van der Waals surface area contributed by atoms with Gasteiger partial charge in [-0.25, -0.2) is 4.79 Å². The smallest absolute Gasteiger partial charge is 0.309 e. The van der Waals surface area contributed by atoms with Gasteiger partial charge in [-0.05, 0) is 0 Å². The fraction of sp³-hybridized carbons (Fsp3) is 0. The zero-order chi connectivity index (χ0) is 7.15. The molecule has 0 atom stereocenters. The quantitative estimate of drug-likeness (QED) is 0.253. The second kappa shape index (κ2) is 23.8. The van der Waals surface area contributed by atoms with Crippen molar-refractivity contribution in [3.8, 4) is 0 Å². The minimum atomic E-state index is -1.75. The number of hydrogen-bond acceptors (Lipinski definition) is 5. The molecule has 0 aliphatic rings. The summed E-state index contributed by atoms with van der Waals surface area (Å²) in [4.78, 5) is 17.2. The summed E-state index contributed by atoms with van der Waals surface area (Å²) in [6.45, 7) is 0. The Hall–Kier alpha value is -1.65. The second-order valence-corrected chi connectivity index (χ2v) is 0.626. The molecule has 0 unspecified atom stereocenters. The van der Waals surface area contributed by atoms with Gasteiger partial charge in [-0.15, -0.1) is 0 Å². The molecule has 0 aromatic heterocycles. The number of rotatable bonds is 0. The molecule has 0 heterocycles. The van der Waals surface area contributed by atoms with Gasteiger partial charge < -0.3 is 44.6 Å². The van der Waals surface area contributed by atoms with Crippen LogP contribution < -0.4 is 23.8 Å². The zero-order valence-corrected chi connectivity index (χ0v) is 5.94. The first-order valence-corrected chi connectivity index (χ1v) is 1.33. The molecule has 0 aromatic rings. The predicted molar refractivity (Wildman–Crippen MR) is 38.8 cm³/mol. The van der Waals surface area contributed by atoms with Crippen molar-refractivity contribution in [3.05, 3.63) is 15.3 Å². The SMILES string of the molecule is N.NC(N)=O.O.O=[N+]([O-])[O-].[NH4+]. The largest absolute Gasteiger partial charge is 0.412 e. The number of primary amides is 2. The molecule has 10 nitrogen and oxygen atoms in total. The maximum absolute atomic E-state index is 9.00. The van der Waals surface area contributed by atoms with Crippen molar-refractivity contribution >= 4 is 6.03 Å². The molecule has 2 amide bonds. The Morgan fingerprint density at radius 2 is 1.27 bits per heavy atom. The van der Waals surface area contributed by atoms with Crippen LogP contribution in [0.5, 0.6) is 0 Å². The third kappa shape index (κ3) is 124. The Morgan fingerprint density at radius 3 is 1.27 bits per heavy atom. The summed E-state index contributed by atoms with van der Waals surface area (Å²) in [6, 6.07) is -0.833. The van der Waals surface area contributed by atoms with Crippen molar-refractivity contribution in [3.63, 3.8) is 0 Å². The molecule has 10 heteroatoms. The summed E-state index contributed by atoms with van der Waals surface area (Å²) < 4.78 is 0. The van der Waals surface area contributed by atoms with Gasteiger partial charge in [-0.2, -0.15) is 0 Å². The molecule has 0 aromatic carbocycles. The average Bonchev–Trinajstić information content (AvgIpc) is 1.25. The van der Waals surface area contributed by atoms with E-state index in [1.807, 2.05) is 0 Å². The van der Waals surface area contributed by atoms with Gasteiger partial charge in [0.05, 0.1) is 5.09 Å². The van der Waals surface area contributed by atoms with Crippen LogP contribution in [0.3, 0.4) is 0 Å². The van der Waals surface area contributed by atoms with E-state index in [4.69, 9.17) is 20.1 Å². The number of carbonyl (C=O) groups is 1. The summed E-state index contributed by atoms with van der Waals surface area (Å²) in [6.07, 6.45) is 0. The van der Waals surface area contributed by atoms with Gasteiger partial charge >= 0.3 is 6.03 Å². The lowest BCUT2D eigenvalue weighted by molar-refractivity contribution is -0.402. The van der Waals surface area contributed by atoms with Gasteiger partial charge in [0.15, 0.2) is 0 Å². The van der Waals surface area contributed by atoms with Crippen LogP contribution >= 0.6 is 0 Å². The molecule has 72 valence electrons. The van der Waals surface area contributed by atoms with Crippen molar-refractivity contribution in [2.24, 2.45) is 11.5 Å². The molecule has 0 radical (unpaired) electrons. The van der Waals surface area contributed by atoms with Crippen LogP contribution in [0, 0.1) is 15.3 Å². The minimum Gasteiger partial charge on any atom is -0.412 e. The molecule has 0 spiro atoms. The zero-order valence-electron chi connectivity index (χ0n) is 5.94. The van der Waals surface area contributed by atoms with Crippen LogP contribution in [-0.4, -0.2) is 16.6 Å². The number of urea groups is 1. The summed E-state index contributed by atoms with van der Waals surface area (Å²) in [7, 11) is 0. The number of amides is 2. The number of nitrogens with zero attached hydrogens (tertiary/aromatic N) is 1. The molecule has 0 aliphatic heterocycles. The standard InChI is InChI=1S/CH4N2O.NO3.2H3N.H2O/c2*2-1(3)4;;;/h(H4,2,3,4);;2*1H3;1H2/q;-1;;;/p+1. The van der Waals surface area contributed by atoms with Gasteiger partial charge in [0.1, 0.15) is 0 Å². The van der Waals surface area contributed by atoms with E-state index in [-0.39, 0.29) is 17.8 Å². The molecule has 0 bridgehead atoms. The maximum Gasteiger partial charge on any atom is 0.309 e. The van der Waals surface area contributed by atoms with Crippen LogP contribution in [-0.2, 0) is 0 Å². The fourth-order valence-corrected chi connectivity index (χ4v) is 0. The lowest BCUT2D eigenvalue weighted by Crippen LogP contribution is -2.18. The highest BCUT2D eigenvalue weighted by atomic mass is 16.9. The molecule has 0 saturated heterocycles. The molecule has 0 aliphatic carbocycles. The fourth-order valence-electron chi connectivity index (χ4n) is 0. The normalized spacial score (nSPS) is 4.36. The summed E-state index contributed by atoms with van der Waals surface area (Å²) in [5.41, 5.74) is 8.50. The monoisotopic (exact) mass is 175 g/mol. The van der Waals surface area contributed by atoms with Gasteiger partial charge in [-0.1, -0.05) is 0 Å². The minimum absolute atomic E-state index is 0.